The largest absolute Gasteiger partial charge is 0.313 e. The van der Waals surface area contributed by atoms with Crippen LogP contribution in [0.25, 0.3) is 0 Å². The second-order valence-electron chi connectivity index (χ2n) is 5.60. The van der Waals surface area contributed by atoms with Gasteiger partial charge in [0.15, 0.2) is 0 Å². The van der Waals surface area contributed by atoms with Crippen LogP contribution in [0.15, 0.2) is 12.4 Å². The molecule has 3 atom stereocenters. The predicted octanol–water partition coefficient (Wildman–Crippen LogP) is 3.69. The molecule has 18 heavy (non-hydrogen) atoms. The maximum atomic E-state index is 4.60. The van der Waals surface area contributed by atoms with E-state index in [0.717, 1.165) is 12.3 Å². The van der Waals surface area contributed by atoms with Crippen LogP contribution in [0.2, 0.25) is 0 Å². The van der Waals surface area contributed by atoms with Gasteiger partial charge in [-0.1, -0.05) is 33.1 Å². The lowest BCUT2D eigenvalue weighted by atomic mass is 9.84. The molecular weight excluding hydrogens is 222 g/mol. The summed E-state index contributed by atoms with van der Waals surface area (Å²) in [6.45, 7) is 4.53. The number of nitrogens with zero attached hydrogens (tertiary/aromatic N) is 2. The quantitative estimate of drug-likeness (QED) is 0.862. The first-order valence-corrected chi connectivity index (χ1v) is 7.49. The van der Waals surface area contributed by atoms with E-state index in [1.54, 1.807) is 0 Å². The van der Waals surface area contributed by atoms with E-state index in [2.05, 4.69) is 35.1 Å². The van der Waals surface area contributed by atoms with Crippen molar-refractivity contribution >= 4 is 0 Å². The van der Waals surface area contributed by atoms with Crippen molar-refractivity contribution in [3.8, 4) is 0 Å². The number of nitrogens with one attached hydrogen (secondary N) is 1. The minimum atomic E-state index is 0.448. The van der Waals surface area contributed by atoms with Gasteiger partial charge < -0.3 is 5.32 Å². The Morgan fingerprint density at radius 2 is 2.28 bits per heavy atom. The second-order valence-corrected chi connectivity index (χ2v) is 5.60. The fraction of sp³-hybridized carbons (Fsp3) is 0.800. The highest BCUT2D eigenvalue weighted by atomic mass is 15.3. The Hall–Kier alpha value is -0.830. The zero-order valence-electron chi connectivity index (χ0n) is 12.0. The molecule has 1 aromatic rings. The lowest BCUT2D eigenvalue weighted by Gasteiger charge is -2.28. The molecule has 0 bridgehead atoms. The van der Waals surface area contributed by atoms with Crippen LogP contribution in [-0.4, -0.2) is 16.8 Å². The van der Waals surface area contributed by atoms with E-state index < -0.39 is 0 Å². The minimum Gasteiger partial charge on any atom is -0.313 e. The standard InChI is InChI=1S/C15H27N3/c1-4-12-7-6-8-14(9-12)18-11-13(10-17-18)15(5-2)16-3/h10-12,14-16H,4-9H2,1-3H3. The average molecular weight is 249 g/mol. The molecule has 1 fully saturated rings. The summed E-state index contributed by atoms with van der Waals surface area (Å²) in [5.41, 5.74) is 1.33. The molecule has 3 heteroatoms. The fourth-order valence-corrected chi connectivity index (χ4v) is 3.21. The molecule has 0 radical (unpaired) electrons. The summed E-state index contributed by atoms with van der Waals surface area (Å²) in [6, 6.07) is 1.08. The maximum absolute atomic E-state index is 4.60. The van der Waals surface area contributed by atoms with Gasteiger partial charge in [-0.3, -0.25) is 4.68 Å². The van der Waals surface area contributed by atoms with Crippen LogP contribution in [0, 0.1) is 5.92 Å². The van der Waals surface area contributed by atoms with E-state index in [1.807, 2.05) is 13.2 Å². The van der Waals surface area contributed by atoms with Crippen LogP contribution < -0.4 is 5.32 Å². The number of hydrogen-bond donors (Lipinski definition) is 1. The van der Waals surface area contributed by atoms with E-state index in [1.165, 1.54) is 37.7 Å². The zero-order valence-corrected chi connectivity index (χ0v) is 12.0. The van der Waals surface area contributed by atoms with Crippen molar-refractivity contribution in [1.82, 2.24) is 15.1 Å². The third-order valence-corrected chi connectivity index (χ3v) is 4.49. The van der Waals surface area contributed by atoms with Crippen molar-refractivity contribution in [3.05, 3.63) is 18.0 Å². The molecule has 102 valence electrons. The predicted molar refractivity (Wildman–Crippen MR) is 75.6 cm³/mol. The van der Waals surface area contributed by atoms with E-state index >= 15 is 0 Å². The Morgan fingerprint density at radius 3 is 2.94 bits per heavy atom. The van der Waals surface area contributed by atoms with Crippen LogP contribution in [0.1, 0.15) is 70.0 Å². The van der Waals surface area contributed by atoms with E-state index in [-0.39, 0.29) is 0 Å². The van der Waals surface area contributed by atoms with E-state index in [9.17, 15) is 0 Å². The summed E-state index contributed by atoms with van der Waals surface area (Å²) in [4.78, 5) is 0. The first-order valence-electron chi connectivity index (χ1n) is 7.49. The highest BCUT2D eigenvalue weighted by molar-refractivity contribution is 5.10. The topological polar surface area (TPSA) is 29.9 Å². The van der Waals surface area contributed by atoms with Gasteiger partial charge >= 0.3 is 0 Å². The molecule has 0 spiro atoms. The summed E-state index contributed by atoms with van der Waals surface area (Å²) in [6.07, 6.45) is 12.1. The van der Waals surface area contributed by atoms with E-state index in [4.69, 9.17) is 0 Å². The maximum Gasteiger partial charge on any atom is 0.0537 e. The zero-order chi connectivity index (χ0) is 13.0. The van der Waals surface area contributed by atoms with Gasteiger partial charge in [-0.05, 0) is 32.2 Å². The second kappa shape index (κ2) is 6.37. The Labute approximate surface area is 111 Å². The third kappa shape index (κ3) is 2.94. The average Bonchev–Trinajstić information content (AvgIpc) is 2.90. The smallest absolute Gasteiger partial charge is 0.0537 e. The van der Waals surface area contributed by atoms with Crippen LogP contribution in [0.4, 0.5) is 0 Å². The molecule has 1 aromatic heterocycles. The first kappa shape index (κ1) is 13.6. The van der Waals surface area contributed by atoms with Crippen LogP contribution in [0.3, 0.4) is 0 Å². The lowest BCUT2D eigenvalue weighted by molar-refractivity contribution is 0.247. The summed E-state index contributed by atoms with van der Waals surface area (Å²) >= 11 is 0. The Morgan fingerprint density at radius 1 is 1.44 bits per heavy atom. The molecule has 1 aliphatic carbocycles. The summed E-state index contributed by atoms with van der Waals surface area (Å²) < 4.78 is 2.22. The van der Waals surface area contributed by atoms with Gasteiger partial charge in [0.05, 0.1) is 12.2 Å². The van der Waals surface area contributed by atoms with Gasteiger partial charge in [-0.15, -0.1) is 0 Å². The van der Waals surface area contributed by atoms with Gasteiger partial charge in [-0.2, -0.15) is 5.10 Å². The van der Waals surface area contributed by atoms with Crippen molar-refractivity contribution in [2.45, 2.75) is 64.5 Å². The summed E-state index contributed by atoms with van der Waals surface area (Å²) in [5, 5.41) is 7.95. The van der Waals surface area contributed by atoms with E-state index in [0.29, 0.717) is 12.1 Å². The van der Waals surface area contributed by atoms with Crippen LogP contribution in [0.5, 0.6) is 0 Å². The fourth-order valence-electron chi connectivity index (χ4n) is 3.21. The van der Waals surface area contributed by atoms with Crippen molar-refractivity contribution in [2.75, 3.05) is 7.05 Å². The molecule has 1 aliphatic rings. The Bertz CT molecular complexity index is 354. The molecule has 1 N–H and O–H groups in total. The highest BCUT2D eigenvalue weighted by Crippen LogP contribution is 2.34. The third-order valence-electron chi connectivity index (χ3n) is 4.49. The minimum absolute atomic E-state index is 0.448. The number of rotatable bonds is 5. The molecule has 0 saturated heterocycles. The molecule has 3 nitrogen and oxygen atoms in total. The SMILES string of the molecule is CCC1CCCC(n2cc(C(CC)NC)cn2)C1. The molecule has 3 unspecified atom stereocenters. The highest BCUT2D eigenvalue weighted by Gasteiger charge is 2.23. The number of aromatic nitrogens is 2. The molecule has 0 amide bonds. The lowest BCUT2D eigenvalue weighted by Crippen LogP contribution is -2.19. The summed E-state index contributed by atoms with van der Waals surface area (Å²) in [7, 11) is 2.03. The molecule has 1 heterocycles. The van der Waals surface area contributed by atoms with Gasteiger partial charge in [-0.25, -0.2) is 0 Å². The van der Waals surface area contributed by atoms with Crippen LogP contribution >= 0.6 is 0 Å². The first-order chi connectivity index (χ1) is 8.78. The molecular formula is C15H27N3. The van der Waals surface area contributed by atoms with Gasteiger partial charge in [0.25, 0.3) is 0 Å². The Kier molecular flexibility index (Phi) is 4.81. The van der Waals surface area contributed by atoms with Crippen molar-refractivity contribution < 1.29 is 0 Å². The monoisotopic (exact) mass is 249 g/mol. The van der Waals surface area contributed by atoms with Gasteiger partial charge in [0.1, 0.15) is 0 Å². The Balaban J connectivity index is 2.05. The van der Waals surface area contributed by atoms with Crippen LogP contribution in [-0.2, 0) is 0 Å². The van der Waals surface area contributed by atoms with Gasteiger partial charge in [0, 0.05) is 17.8 Å². The molecule has 0 aliphatic heterocycles. The summed E-state index contributed by atoms with van der Waals surface area (Å²) in [5.74, 6) is 0.905. The molecule has 0 aromatic carbocycles. The number of hydrogen-bond acceptors (Lipinski definition) is 2. The van der Waals surface area contributed by atoms with Crippen molar-refractivity contribution in [2.24, 2.45) is 5.92 Å². The van der Waals surface area contributed by atoms with Crippen molar-refractivity contribution in [1.29, 1.82) is 0 Å². The van der Waals surface area contributed by atoms with Gasteiger partial charge in [0.2, 0.25) is 0 Å². The molecule has 1 saturated carbocycles. The molecule has 2 rings (SSSR count). The normalized spacial score (nSPS) is 26.2. The van der Waals surface area contributed by atoms with Crippen molar-refractivity contribution in [3.63, 3.8) is 0 Å².